The van der Waals surface area contributed by atoms with Crippen molar-refractivity contribution in [1.29, 1.82) is 0 Å². The van der Waals surface area contributed by atoms with Crippen LogP contribution < -0.4 is 10.6 Å². The quantitative estimate of drug-likeness (QED) is 0.842. The number of rotatable bonds is 6. The van der Waals surface area contributed by atoms with Gasteiger partial charge in [-0.15, -0.1) is 12.4 Å². The van der Waals surface area contributed by atoms with E-state index in [1.165, 1.54) is 6.42 Å². The maximum Gasteiger partial charge on any atom is 0.225 e. The van der Waals surface area contributed by atoms with Gasteiger partial charge in [-0.05, 0) is 50.7 Å². The Labute approximate surface area is 137 Å². The zero-order chi connectivity index (χ0) is 14.4. The molecule has 1 amide bonds. The lowest BCUT2D eigenvalue weighted by molar-refractivity contribution is -0.116. The fourth-order valence-corrected chi connectivity index (χ4v) is 2.81. The molecule has 0 bridgehead atoms. The van der Waals surface area contributed by atoms with E-state index < -0.39 is 0 Å². The number of carbonyl (C=O) groups excluding carboxylic acids is 1. The number of halogens is 2. The number of nitrogens with zero attached hydrogens (tertiary/aromatic N) is 1. The van der Waals surface area contributed by atoms with Crippen LogP contribution in [0.15, 0.2) is 24.3 Å². The Morgan fingerprint density at radius 3 is 3.00 bits per heavy atom. The number of amides is 1. The molecule has 1 aromatic rings. The van der Waals surface area contributed by atoms with Crippen LogP contribution in [0.3, 0.4) is 0 Å². The largest absolute Gasteiger partial charge is 0.326 e. The van der Waals surface area contributed by atoms with Crippen LogP contribution in [0.25, 0.3) is 0 Å². The summed E-state index contributed by atoms with van der Waals surface area (Å²) in [7, 11) is 1.99. The molecular formula is C15H23Cl2N3O. The fourth-order valence-electron chi connectivity index (χ4n) is 2.62. The number of hydrogen-bond donors (Lipinski definition) is 2. The molecule has 0 radical (unpaired) electrons. The SMILES string of the molecule is CNCC1CCN(CCC(=O)Nc2cccc(Cl)c2)C1.Cl. The average molecular weight is 332 g/mol. The van der Waals surface area contributed by atoms with E-state index in [2.05, 4.69) is 15.5 Å². The van der Waals surface area contributed by atoms with E-state index in [1.54, 1.807) is 12.1 Å². The molecule has 1 heterocycles. The predicted octanol–water partition coefficient (Wildman–Crippen LogP) is 2.63. The summed E-state index contributed by atoms with van der Waals surface area (Å²) in [5.74, 6) is 0.764. The Balaban J connectivity index is 0.00000220. The fraction of sp³-hybridized carbons (Fsp3) is 0.533. The molecule has 118 valence electrons. The number of likely N-dealkylation sites (tertiary alicyclic amines) is 1. The van der Waals surface area contributed by atoms with E-state index in [1.807, 2.05) is 19.2 Å². The highest BCUT2D eigenvalue weighted by molar-refractivity contribution is 6.30. The third kappa shape index (κ3) is 6.22. The molecule has 1 aliphatic rings. The molecule has 1 fully saturated rings. The monoisotopic (exact) mass is 331 g/mol. The average Bonchev–Trinajstić information content (AvgIpc) is 2.85. The standard InChI is InChI=1S/C15H22ClN3O.ClH/c1-17-10-12-5-7-19(11-12)8-6-15(20)18-14-4-2-3-13(16)9-14;/h2-4,9,12,17H,5-8,10-11H2,1H3,(H,18,20);1H. The van der Waals surface area contributed by atoms with Gasteiger partial charge in [0.1, 0.15) is 0 Å². The summed E-state index contributed by atoms with van der Waals surface area (Å²) in [6.45, 7) is 4.07. The summed E-state index contributed by atoms with van der Waals surface area (Å²) in [6.07, 6.45) is 1.75. The first-order valence-corrected chi connectivity index (χ1v) is 7.47. The van der Waals surface area contributed by atoms with Crippen LogP contribution in [-0.4, -0.2) is 44.0 Å². The van der Waals surface area contributed by atoms with Crippen LogP contribution in [0, 0.1) is 5.92 Å². The van der Waals surface area contributed by atoms with Gasteiger partial charge in [0, 0.05) is 30.2 Å². The second-order valence-corrected chi connectivity index (χ2v) is 5.76. The van der Waals surface area contributed by atoms with Crippen LogP contribution in [0.1, 0.15) is 12.8 Å². The molecular weight excluding hydrogens is 309 g/mol. The Morgan fingerprint density at radius 2 is 2.29 bits per heavy atom. The van der Waals surface area contributed by atoms with Gasteiger partial charge in [-0.2, -0.15) is 0 Å². The third-order valence-electron chi connectivity index (χ3n) is 3.63. The maximum absolute atomic E-state index is 11.9. The summed E-state index contributed by atoms with van der Waals surface area (Å²) in [4.78, 5) is 14.3. The molecule has 0 aromatic heterocycles. The summed E-state index contributed by atoms with van der Waals surface area (Å²) in [6, 6.07) is 7.24. The molecule has 6 heteroatoms. The second kappa shape index (κ2) is 9.26. The Morgan fingerprint density at radius 1 is 1.48 bits per heavy atom. The molecule has 1 aliphatic heterocycles. The van der Waals surface area contributed by atoms with Gasteiger partial charge in [-0.25, -0.2) is 0 Å². The lowest BCUT2D eigenvalue weighted by Crippen LogP contribution is -2.27. The molecule has 0 saturated carbocycles. The first kappa shape index (κ1) is 18.2. The van der Waals surface area contributed by atoms with Crippen molar-refractivity contribution in [3.8, 4) is 0 Å². The second-order valence-electron chi connectivity index (χ2n) is 5.32. The van der Waals surface area contributed by atoms with Crippen molar-refractivity contribution in [3.05, 3.63) is 29.3 Å². The number of anilines is 1. The highest BCUT2D eigenvalue weighted by atomic mass is 35.5. The van der Waals surface area contributed by atoms with E-state index in [0.717, 1.165) is 37.8 Å². The topological polar surface area (TPSA) is 44.4 Å². The van der Waals surface area contributed by atoms with Gasteiger partial charge >= 0.3 is 0 Å². The maximum atomic E-state index is 11.9. The van der Waals surface area contributed by atoms with Crippen LogP contribution in [0.5, 0.6) is 0 Å². The first-order valence-electron chi connectivity index (χ1n) is 7.10. The van der Waals surface area contributed by atoms with Gasteiger partial charge in [0.2, 0.25) is 5.91 Å². The van der Waals surface area contributed by atoms with E-state index in [0.29, 0.717) is 11.4 Å². The third-order valence-corrected chi connectivity index (χ3v) is 3.86. The zero-order valence-corrected chi connectivity index (χ0v) is 13.8. The highest BCUT2D eigenvalue weighted by Crippen LogP contribution is 2.17. The molecule has 1 aromatic carbocycles. The zero-order valence-electron chi connectivity index (χ0n) is 12.3. The van der Waals surface area contributed by atoms with Gasteiger partial charge in [0.15, 0.2) is 0 Å². The van der Waals surface area contributed by atoms with Gasteiger partial charge in [0.05, 0.1) is 0 Å². The molecule has 4 nitrogen and oxygen atoms in total. The minimum absolute atomic E-state index is 0. The minimum Gasteiger partial charge on any atom is -0.326 e. The van der Waals surface area contributed by atoms with Crippen molar-refractivity contribution < 1.29 is 4.79 Å². The molecule has 2 N–H and O–H groups in total. The Kier molecular flexibility index (Phi) is 8.04. The lowest BCUT2D eigenvalue weighted by atomic mass is 10.1. The van der Waals surface area contributed by atoms with Crippen molar-refractivity contribution in [2.75, 3.05) is 38.5 Å². The van der Waals surface area contributed by atoms with E-state index in [4.69, 9.17) is 11.6 Å². The first-order chi connectivity index (χ1) is 9.67. The van der Waals surface area contributed by atoms with Crippen molar-refractivity contribution in [3.63, 3.8) is 0 Å². The number of carbonyl (C=O) groups is 1. The van der Waals surface area contributed by atoms with E-state index in [9.17, 15) is 4.79 Å². The number of hydrogen-bond acceptors (Lipinski definition) is 3. The van der Waals surface area contributed by atoms with Crippen LogP contribution in [-0.2, 0) is 4.79 Å². The molecule has 1 saturated heterocycles. The molecule has 1 atom stereocenters. The van der Waals surface area contributed by atoms with Gasteiger partial charge in [-0.3, -0.25) is 4.79 Å². The molecule has 0 spiro atoms. The molecule has 0 aliphatic carbocycles. The van der Waals surface area contributed by atoms with Crippen molar-refractivity contribution >= 4 is 35.6 Å². The van der Waals surface area contributed by atoms with Gasteiger partial charge < -0.3 is 15.5 Å². The lowest BCUT2D eigenvalue weighted by Gasteiger charge is -2.15. The summed E-state index contributed by atoms with van der Waals surface area (Å²) >= 11 is 5.89. The van der Waals surface area contributed by atoms with Gasteiger partial charge in [0.25, 0.3) is 0 Å². The minimum atomic E-state index is 0. The van der Waals surface area contributed by atoms with E-state index >= 15 is 0 Å². The van der Waals surface area contributed by atoms with Crippen LogP contribution in [0.4, 0.5) is 5.69 Å². The summed E-state index contributed by atoms with van der Waals surface area (Å²) < 4.78 is 0. The van der Waals surface area contributed by atoms with Crippen LogP contribution >= 0.6 is 24.0 Å². The van der Waals surface area contributed by atoms with Crippen molar-refractivity contribution in [2.24, 2.45) is 5.92 Å². The van der Waals surface area contributed by atoms with Crippen LogP contribution in [0.2, 0.25) is 5.02 Å². The number of benzene rings is 1. The smallest absolute Gasteiger partial charge is 0.225 e. The Hall–Kier alpha value is -0.810. The predicted molar refractivity (Wildman–Crippen MR) is 90.4 cm³/mol. The summed E-state index contributed by atoms with van der Waals surface area (Å²) in [5, 5.41) is 6.73. The molecule has 2 rings (SSSR count). The van der Waals surface area contributed by atoms with Crippen molar-refractivity contribution in [1.82, 2.24) is 10.2 Å². The van der Waals surface area contributed by atoms with Crippen molar-refractivity contribution in [2.45, 2.75) is 12.8 Å². The number of nitrogens with one attached hydrogen (secondary N) is 2. The summed E-state index contributed by atoms with van der Waals surface area (Å²) in [5.41, 5.74) is 0.761. The van der Waals surface area contributed by atoms with Gasteiger partial charge in [-0.1, -0.05) is 17.7 Å². The normalized spacial score (nSPS) is 18.3. The van der Waals surface area contributed by atoms with E-state index in [-0.39, 0.29) is 18.3 Å². The molecule has 1 unspecified atom stereocenters. The Bertz CT molecular complexity index is 456. The highest BCUT2D eigenvalue weighted by Gasteiger charge is 2.21. The molecule has 21 heavy (non-hydrogen) atoms.